The van der Waals surface area contributed by atoms with E-state index in [0.29, 0.717) is 57.7 Å². The normalized spacial score (nSPS) is 10.8. The number of hydrogen-bond acceptors (Lipinski definition) is 6. The number of carbonyl (C=O) groups excluding carboxylic acids is 1. The van der Waals surface area contributed by atoms with Gasteiger partial charge in [-0.15, -0.1) is 0 Å². The van der Waals surface area contributed by atoms with E-state index < -0.39 is 0 Å². The van der Waals surface area contributed by atoms with Gasteiger partial charge in [0.05, 0.1) is 36.0 Å². The van der Waals surface area contributed by atoms with Gasteiger partial charge >= 0.3 is 0 Å². The molecule has 0 saturated heterocycles. The molecule has 0 aliphatic carbocycles. The molecule has 31 heavy (non-hydrogen) atoms. The molecule has 4 aromatic rings. The number of nitrogens with one attached hydrogen (secondary N) is 2. The van der Waals surface area contributed by atoms with Gasteiger partial charge in [0.15, 0.2) is 5.82 Å². The standard InChI is InChI=1S/C23H21ClN4O3/c1-3-25-22-21(27-18-11-17(24)20(30-2)12-19(18)28-22)14-6-4-7-15(10-14)23(29)26-13-16-8-5-9-31-16/h4-12H,3,13H2,1-2H3,(H,25,28)(H,26,29). The minimum Gasteiger partial charge on any atom is -0.495 e. The number of aromatic nitrogens is 2. The number of benzene rings is 2. The van der Waals surface area contributed by atoms with Crippen LogP contribution in [-0.2, 0) is 6.54 Å². The fraction of sp³-hybridized carbons (Fsp3) is 0.174. The van der Waals surface area contributed by atoms with Crippen LogP contribution in [0, 0.1) is 0 Å². The van der Waals surface area contributed by atoms with Gasteiger partial charge in [0.25, 0.3) is 5.91 Å². The molecular weight excluding hydrogens is 416 g/mol. The highest BCUT2D eigenvalue weighted by Crippen LogP contribution is 2.32. The third-order valence-electron chi connectivity index (χ3n) is 4.68. The number of carbonyl (C=O) groups is 1. The zero-order chi connectivity index (χ0) is 21.8. The maximum atomic E-state index is 12.6. The Morgan fingerprint density at radius 2 is 1.97 bits per heavy atom. The first-order valence-electron chi connectivity index (χ1n) is 9.79. The molecule has 4 rings (SSSR count). The number of amides is 1. The number of ether oxygens (including phenoxy) is 1. The Balaban J connectivity index is 1.70. The molecule has 2 aromatic carbocycles. The van der Waals surface area contributed by atoms with Crippen LogP contribution >= 0.6 is 11.6 Å². The highest BCUT2D eigenvalue weighted by atomic mass is 35.5. The molecule has 0 bridgehead atoms. The second kappa shape index (κ2) is 9.06. The maximum absolute atomic E-state index is 12.6. The lowest BCUT2D eigenvalue weighted by Crippen LogP contribution is -2.22. The van der Waals surface area contributed by atoms with Crippen LogP contribution in [0.1, 0.15) is 23.0 Å². The number of furan rings is 1. The van der Waals surface area contributed by atoms with Gasteiger partial charge in [-0.2, -0.15) is 0 Å². The molecule has 2 heterocycles. The number of anilines is 1. The number of hydrogen-bond donors (Lipinski definition) is 2. The molecule has 0 fully saturated rings. The average Bonchev–Trinajstić information content (AvgIpc) is 3.31. The van der Waals surface area contributed by atoms with Crippen molar-refractivity contribution in [3.63, 3.8) is 0 Å². The molecule has 0 radical (unpaired) electrons. The van der Waals surface area contributed by atoms with Crippen molar-refractivity contribution in [1.82, 2.24) is 15.3 Å². The number of methoxy groups -OCH3 is 1. The van der Waals surface area contributed by atoms with Crippen molar-refractivity contribution in [2.45, 2.75) is 13.5 Å². The van der Waals surface area contributed by atoms with Gasteiger partial charge in [0.2, 0.25) is 0 Å². The zero-order valence-electron chi connectivity index (χ0n) is 17.1. The van der Waals surface area contributed by atoms with Crippen LogP contribution in [0.15, 0.2) is 59.2 Å². The van der Waals surface area contributed by atoms with E-state index in [1.807, 2.05) is 25.1 Å². The number of fused-ring (bicyclic) bond motifs is 1. The summed E-state index contributed by atoms with van der Waals surface area (Å²) in [5, 5.41) is 6.56. The Morgan fingerprint density at radius 3 is 2.71 bits per heavy atom. The van der Waals surface area contributed by atoms with Crippen molar-refractivity contribution < 1.29 is 13.9 Å². The quantitative estimate of drug-likeness (QED) is 0.427. The van der Waals surface area contributed by atoms with Gasteiger partial charge in [0, 0.05) is 23.7 Å². The first kappa shape index (κ1) is 20.7. The minimum atomic E-state index is -0.204. The summed E-state index contributed by atoms with van der Waals surface area (Å²) in [6.45, 7) is 2.96. The van der Waals surface area contributed by atoms with Crippen LogP contribution in [0.3, 0.4) is 0 Å². The molecule has 2 N–H and O–H groups in total. The highest BCUT2D eigenvalue weighted by molar-refractivity contribution is 6.32. The highest BCUT2D eigenvalue weighted by Gasteiger charge is 2.15. The summed E-state index contributed by atoms with van der Waals surface area (Å²) in [5.41, 5.74) is 3.21. The second-order valence-corrected chi connectivity index (χ2v) is 7.18. The average molecular weight is 437 g/mol. The third kappa shape index (κ3) is 4.46. The largest absolute Gasteiger partial charge is 0.495 e. The monoisotopic (exact) mass is 436 g/mol. The molecule has 1 amide bonds. The van der Waals surface area contributed by atoms with Crippen molar-refractivity contribution in [1.29, 1.82) is 0 Å². The Morgan fingerprint density at radius 1 is 1.13 bits per heavy atom. The summed E-state index contributed by atoms with van der Waals surface area (Å²) in [6, 6.07) is 14.3. The van der Waals surface area contributed by atoms with Crippen LogP contribution in [0.25, 0.3) is 22.3 Å². The fourth-order valence-corrected chi connectivity index (χ4v) is 3.43. The summed E-state index contributed by atoms with van der Waals surface area (Å²) in [4.78, 5) is 22.1. The Hall–Kier alpha value is -3.58. The molecule has 0 saturated carbocycles. The predicted molar refractivity (Wildman–Crippen MR) is 121 cm³/mol. The van der Waals surface area contributed by atoms with E-state index in [0.717, 1.165) is 5.56 Å². The van der Waals surface area contributed by atoms with Crippen LogP contribution < -0.4 is 15.4 Å². The topological polar surface area (TPSA) is 89.3 Å². The van der Waals surface area contributed by atoms with Gasteiger partial charge in [-0.3, -0.25) is 4.79 Å². The summed E-state index contributed by atoms with van der Waals surface area (Å²) < 4.78 is 10.5. The van der Waals surface area contributed by atoms with E-state index in [4.69, 9.17) is 30.7 Å². The molecule has 8 heteroatoms. The van der Waals surface area contributed by atoms with E-state index in [1.54, 1.807) is 43.7 Å². The summed E-state index contributed by atoms with van der Waals surface area (Å²) in [7, 11) is 1.56. The molecule has 0 spiro atoms. The molecule has 0 aliphatic heterocycles. The number of rotatable bonds is 7. The molecule has 0 aliphatic rings. The Bertz CT molecular complexity index is 1230. The Kier molecular flexibility index (Phi) is 6.04. The van der Waals surface area contributed by atoms with Crippen LogP contribution in [0.2, 0.25) is 5.02 Å². The fourth-order valence-electron chi connectivity index (χ4n) is 3.20. The number of nitrogens with zero attached hydrogens (tertiary/aromatic N) is 2. The first-order valence-corrected chi connectivity index (χ1v) is 10.2. The van der Waals surface area contributed by atoms with E-state index in [1.165, 1.54) is 0 Å². The van der Waals surface area contributed by atoms with Crippen molar-refractivity contribution in [3.8, 4) is 17.0 Å². The lowest BCUT2D eigenvalue weighted by atomic mass is 10.1. The molecule has 2 aromatic heterocycles. The molecule has 0 unspecified atom stereocenters. The van der Waals surface area contributed by atoms with Crippen LogP contribution in [0.4, 0.5) is 5.82 Å². The lowest BCUT2D eigenvalue weighted by Gasteiger charge is -2.13. The lowest BCUT2D eigenvalue weighted by molar-refractivity contribution is 0.0948. The molecule has 7 nitrogen and oxygen atoms in total. The first-order chi connectivity index (χ1) is 15.1. The Labute approximate surface area is 184 Å². The molecule has 0 atom stereocenters. The summed E-state index contributed by atoms with van der Waals surface area (Å²) in [6.07, 6.45) is 1.57. The van der Waals surface area contributed by atoms with Gasteiger partial charge < -0.3 is 19.8 Å². The van der Waals surface area contributed by atoms with Crippen LogP contribution in [0.5, 0.6) is 5.75 Å². The third-order valence-corrected chi connectivity index (χ3v) is 4.98. The van der Waals surface area contributed by atoms with Crippen molar-refractivity contribution in [2.75, 3.05) is 19.0 Å². The van der Waals surface area contributed by atoms with E-state index in [-0.39, 0.29) is 5.91 Å². The summed E-state index contributed by atoms with van der Waals surface area (Å²) >= 11 is 6.28. The van der Waals surface area contributed by atoms with Gasteiger partial charge in [0.1, 0.15) is 17.2 Å². The van der Waals surface area contributed by atoms with Gasteiger partial charge in [-0.05, 0) is 37.3 Å². The minimum absolute atomic E-state index is 0.204. The van der Waals surface area contributed by atoms with Gasteiger partial charge in [-0.1, -0.05) is 23.7 Å². The second-order valence-electron chi connectivity index (χ2n) is 6.77. The predicted octanol–water partition coefficient (Wildman–Crippen LogP) is 4.91. The SMILES string of the molecule is CCNc1nc2cc(OC)c(Cl)cc2nc1-c1cccc(C(=O)NCc2ccco2)c1. The molecular formula is C23H21ClN4O3. The van der Waals surface area contributed by atoms with Crippen molar-refractivity contribution in [2.24, 2.45) is 0 Å². The van der Waals surface area contributed by atoms with Crippen molar-refractivity contribution in [3.05, 3.63) is 71.1 Å². The zero-order valence-corrected chi connectivity index (χ0v) is 17.9. The smallest absolute Gasteiger partial charge is 0.251 e. The number of halogens is 1. The van der Waals surface area contributed by atoms with E-state index in [2.05, 4.69) is 10.6 Å². The maximum Gasteiger partial charge on any atom is 0.251 e. The van der Waals surface area contributed by atoms with Crippen molar-refractivity contribution >= 4 is 34.4 Å². The van der Waals surface area contributed by atoms with E-state index >= 15 is 0 Å². The van der Waals surface area contributed by atoms with E-state index in [9.17, 15) is 4.79 Å². The summed E-state index contributed by atoms with van der Waals surface area (Å²) in [5.74, 6) is 1.64. The van der Waals surface area contributed by atoms with Gasteiger partial charge in [-0.25, -0.2) is 9.97 Å². The molecule has 158 valence electrons. The van der Waals surface area contributed by atoms with Crippen LogP contribution in [-0.4, -0.2) is 29.5 Å².